The minimum absolute atomic E-state index is 0.177. The van der Waals surface area contributed by atoms with Gasteiger partial charge in [-0.2, -0.15) is 0 Å². The average molecular weight is 374 g/mol. The Morgan fingerprint density at radius 2 is 1.46 bits per heavy atom. The topological polar surface area (TPSA) is 49.4 Å². The van der Waals surface area contributed by atoms with Crippen LogP contribution in [0.5, 0.6) is 0 Å². The molecule has 1 aliphatic rings. The fraction of sp³-hybridized carbons (Fsp3) is 0.130. The number of urea groups is 1. The normalized spacial score (nSPS) is 19.0. The molecule has 1 fully saturated rings. The maximum absolute atomic E-state index is 13.2. The molecular formula is C23H19FN2O2. The molecule has 0 bridgehead atoms. The van der Waals surface area contributed by atoms with Crippen LogP contribution in [0.15, 0.2) is 78.9 Å². The molecule has 1 saturated heterocycles. The highest BCUT2D eigenvalue weighted by atomic mass is 19.1. The zero-order chi connectivity index (χ0) is 19.7. The van der Waals surface area contributed by atoms with Gasteiger partial charge in [-0.25, -0.2) is 9.18 Å². The van der Waals surface area contributed by atoms with Gasteiger partial charge in [0.25, 0.3) is 5.91 Å². The number of imide groups is 1. The van der Waals surface area contributed by atoms with Crippen LogP contribution in [-0.2, 0) is 16.9 Å². The Morgan fingerprint density at radius 1 is 0.857 bits per heavy atom. The van der Waals surface area contributed by atoms with Gasteiger partial charge in [-0.1, -0.05) is 66.7 Å². The van der Waals surface area contributed by atoms with Gasteiger partial charge in [0.05, 0.1) is 6.54 Å². The van der Waals surface area contributed by atoms with E-state index >= 15 is 0 Å². The van der Waals surface area contributed by atoms with E-state index in [-0.39, 0.29) is 18.3 Å². The Kier molecular flexibility index (Phi) is 4.43. The predicted octanol–water partition coefficient (Wildman–Crippen LogP) is 4.46. The van der Waals surface area contributed by atoms with E-state index < -0.39 is 11.6 Å². The molecule has 1 heterocycles. The first-order valence-electron chi connectivity index (χ1n) is 9.02. The standard InChI is InChI=1S/C23H19FN2O2/c1-23(19-11-13-20(24)14-12-19)21(27)26(22(28)25-23)15-16-7-9-18(10-8-16)17-5-3-2-4-6-17/h2-14H,15H2,1H3,(H,25,28)/t23-/m0/s1. The minimum Gasteiger partial charge on any atom is -0.319 e. The van der Waals surface area contributed by atoms with Gasteiger partial charge in [-0.15, -0.1) is 0 Å². The molecule has 140 valence electrons. The van der Waals surface area contributed by atoms with Crippen LogP contribution in [-0.4, -0.2) is 16.8 Å². The first kappa shape index (κ1) is 17.9. The number of nitrogens with zero attached hydrogens (tertiary/aromatic N) is 1. The number of amides is 3. The van der Waals surface area contributed by atoms with Crippen molar-refractivity contribution in [1.82, 2.24) is 10.2 Å². The number of nitrogens with one attached hydrogen (secondary N) is 1. The number of carbonyl (C=O) groups is 2. The molecule has 0 spiro atoms. The van der Waals surface area contributed by atoms with Gasteiger partial charge < -0.3 is 5.32 Å². The van der Waals surface area contributed by atoms with Gasteiger partial charge in [0, 0.05) is 0 Å². The zero-order valence-electron chi connectivity index (χ0n) is 15.4. The fourth-order valence-corrected chi connectivity index (χ4v) is 3.44. The van der Waals surface area contributed by atoms with Gasteiger partial charge in [-0.3, -0.25) is 9.69 Å². The zero-order valence-corrected chi connectivity index (χ0v) is 15.4. The van der Waals surface area contributed by atoms with E-state index in [1.807, 2.05) is 54.6 Å². The molecule has 1 atom stereocenters. The Bertz CT molecular complexity index is 1020. The second-order valence-electron chi connectivity index (χ2n) is 7.02. The third-order valence-corrected chi connectivity index (χ3v) is 5.10. The molecule has 5 heteroatoms. The van der Waals surface area contributed by atoms with Crippen molar-refractivity contribution in [2.45, 2.75) is 19.0 Å². The minimum atomic E-state index is -1.20. The van der Waals surface area contributed by atoms with Crippen LogP contribution < -0.4 is 5.32 Å². The lowest BCUT2D eigenvalue weighted by Crippen LogP contribution is -2.40. The summed E-state index contributed by atoms with van der Waals surface area (Å²) in [5, 5.41) is 2.74. The van der Waals surface area contributed by atoms with E-state index in [0.717, 1.165) is 16.7 Å². The lowest BCUT2D eigenvalue weighted by molar-refractivity contribution is -0.131. The molecule has 3 amide bonds. The monoisotopic (exact) mass is 374 g/mol. The number of rotatable bonds is 4. The van der Waals surface area contributed by atoms with Crippen LogP contribution in [0, 0.1) is 5.82 Å². The van der Waals surface area contributed by atoms with Crippen molar-refractivity contribution in [3.63, 3.8) is 0 Å². The molecule has 4 rings (SSSR count). The number of hydrogen-bond acceptors (Lipinski definition) is 2. The van der Waals surface area contributed by atoms with E-state index in [2.05, 4.69) is 5.32 Å². The molecule has 4 nitrogen and oxygen atoms in total. The Morgan fingerprint density at radius 3 is 2.11 bits per heavy atom. The number of carbonyl (C=O) groups excluding carboxylic acids is 2. The summed E-state index contributed by atoms with van der Waals surface area (Å²) in [6.07, 6.45) is 0. The molecule has 3 aromatic carbocycles. The molecule has 1 N–H and O–H groups in total. The number of halogens is 1. The molecular weight excluding hydrogens is 355 g/mol. The quantitative estimate of drug-likeness (QED) is 0.686. The Hall–Kier alpha value is -3.47. The van der Waals surface area contributed by atoms with Crippen LogP contribution >= 0.6 is 0 Å². The van der Waals surface area contributed by atoms with Gasteiger partial charge >= 0.3 is 6.03 Å². The summed E-state index contributed by atoms with van der Waals surface area (Å²) in [6.45, 7) is 1.81. The Labute approximate surface area is 162 Å². The van der Waals surface area contributed by atoms with Crippen molar-refractivity contribution >= 4 is 11.9 Å². The molecule has 1 aliphatic heterocycles. The van der Waals surface area contributed by atoms with Crippen molar-refractivity contribution in [3.05, 3.63) is 95.8 Å². The third-order valence-electron chi connectivity index (χ3n) is 5.10. The summed E-state index contributed by atoms with van der Waals surface area (Å²) in [6, 6.07) is 22.9. The summed E-state index contributed by atoms with van der Waals surface area (Å²) in [5.41, 5.74) is 2.38. The maximum Gasteiger partial charge on any atom is 0.325 e. The van der Waals surface area contributed by atoms with Crippen LogP contribution in [0.25, 0.3) is 11.1 Å². The van der Waals surface area contributed by atoms with Crippen molar-refractivity contribution in [2.24, 2.45) is 0 Å². The maximum atomic E-state index is 13.2. The SMILES string of the molecule is C[C@@]1(c2ccc(F)cc2)NC(=O)N(Cc2ccc(-c3ccccc3)cc2)C1=O. The summed E-state index contributed by atoms with van der Waals surface area (Å²) in [4.78, 5) is 26.6. The smallest absolute Gasteiger partial charge is 0.319 e. The van der Waals surface area contributed by atoms with E-state index in [1.165, 1.54) is 29.2 Å². The largest absolute Gasteiger partial charge is 0.325 e. The van der Waals surface area contributed by atoms with Gasteiger partial charge in [0.15, 0.2) is 0 Å². The summed E-state index contributed by atoms with van der Waals surface area (Å²) in [7, 11) is 0. The highest BCUT2D eigenvalue weighted by Gasteiger charge is 2.48. The molecule has 0 radical (unpaired) electrons. The van der Waals surface area contributed by atoms with Crippen molar-refractivity contribution in [1.29, 1.82) is 0 Å². The van der Waals surface area contributed by atoms with Gasteiger partial charge in [-0.05, 0) is 41.3 Å². The predicted molar refractivity (Wildman–Crippen MR) is 105 cm³/mol. The first-order chi connectivity index (χ1) is 13.5. The van der Waals surface area contributed by atoms with E-state index in [1.54, 1.807) is 6.92 Å². The lowest BCUT2D eigenvalue weighted by atomic mass is 9.92. The van der Waals surface area contributed by atoms with Gasteiger partial charge in [0.1, 0.15) is 11.4 Å². The van der Waals surface area contributed by atoms with E-state index in [0.29, 0.717) is 5.56 Å². The van der Waals surface area contributed by atoms with Crippen molar-refractivity contribution < 1.29 is 14.0 Å². The molecule has 3 aromatic rings. The molecule has 0 aromatic heterocycles. The number of benzene rings is 3. The Balaban J connectivity index is 1.54. The first-order valence-corrected chi connectivity index (χ1v) is 9.02. The molecule has 0 saturated carbocycles. The summed E-state index contributed by atoms with van der Waals surface area (Å²) in [5.74, 6) is -0.740. The van der Waals surface area contributed by atoms with Gasteiger partial charge in [0.2, 0.25) is 0 Å². The summed E-state index contributed by atoms with van der Waals surface area (Å²) >= 11 is 0. The molecule has 28 heavy (non-hydrogen) atoms. The molecule has 0 aliphatic carbocycles. The fourth-order valence-electron chi connectivity index (χ4n) is 3.44. The van der Waals surface area contributed by atoms with Crippen molar-refractivity contribution in [3.8, 4) is 11.1 Å². The lowest BCUT2D eigenvalue weighted by Gasteiger charge is -2.22. The summed E-state index contributed by atoms with van der Waals surface area (Å²) < 4.78 is 13.2. The van der Waals surface area contributed by atoms with Crippen LogP contribution in [0.1, 0.15) is 18.1 Å². The van der Waals surface area contributed by atoms with Crippen LogP contribution in [0.2, 0.25) is 0 Å². The third kappa shape index (κ3) is 3.16. The van der Waals surface area contributed by atoms with E-state index in [4.69, 9.17) is 0 Å². The van der Waals surface area contributed by atoms with Crippen LogP contribution in [0.3, 0.4) is 0 Å². The highest BCUT2D eigenvalue weighted by Crippen LogP contribution is 2.30. The van der Waals surface area contributed by atoms with Crippen LogP contribution in [0.4, 0.5) is 9.18 Å². The number of hydrogen-bond donors (Lipinski definition) is 1. The average Bonchev–Trinajstić information content (AvgIpc) is 2.93. The second kappa shape index (κ2) is 6.93. The molecule has 0 unspecified atom stereocenters. The second-order valence-corrected chi connectivity index (χ2v) is 7.02. The highest BCUT2D eigenvalue weighted by molar-refractivity contribution is 6.07. The van der Waals surface area contributed by atoms with Crippen molar-refractivity contribution in [2.75, 3.05) is 0 Å². The van der Waals surface area contributed by atoms with E-state index in [9.17, 15) is 14.0 Å².